The van der Waals surface area contributed by atoms with Crippen LogP contribution in [0.5, 0.6) is 0 Å². The molecule has 0 bridgehead atoms. The summed E-state index contributed by atoms with van der Waals surface area (Å²) in [6.45, 7) is 7.66. The zero-order valence-corrected chi connectivity index (χ0v) is 23.3. The Kier molecular flexibility index (Phi) is 9.50. The van der Waals surface area contributed by atoms with E-state index in [9.17, 15) is 13.2 Å². The molecule has 3 aromatic rings. The van der Waals surface area contributed by atoms with E-state index >= 15 is 4.39 Å². The SMILES string of the molecule is CCCS(=O)(=O)Nc1cc(Cl)cc(-c2nn(C(C)C)cc2-c2ccnc(NCC(C)NC(=O)OC)n2)c1F. The molecule has 1 atom stereocenters. The van der Waals surface area contributed by atoms with E-state index < -0.39 is 21.9 Å². The Hall–Kier alpha value is -3.45. The number of aromatic nitrogens is 4. The highest BCUT2D eigenvalue weighted by molar-refractivity contribution is 7.92. The van der Waals surface area contributed by atoms with Crippen LogP contribution in [0.1, 0.15) is 40.2 Å². The van der Waals surface area contributed by atoms with Gasteiger partial charge in [-0.15, -0.1) is 0 Å². The zero-order chi connectivity index (χ0) is 28.0. The molecule has 1 aromatic carbocycles. The lowest BCUT2D eigenvalue weighted by Gasteiger charge is -2.14. The predicted octanol–water partition coefficient (Wildman–Crippen LogP) is 4.69. The molecule has 206 valence electrons. The fourth-order valence-electron chi connectivity index (χ4n) is 3.52. The minimum atomic E-state index is -3.76. The Morgan fingerprint density at radius 3 is 2.63 bits per heavy atom. The Balaban J connectivity index is 2.02. The van der Waals surface area contributed by atoms with Crippen molar-refractivity contribution in [3.8, 4) is 22.5 Å². The van der Waals surface area contributed by atoms with Crippen LogP contribution in [0, 0.1) is 5.82 Å². The summed E-state index contributed by atoms with van der Waals surface area (Å²) in [7, 11) is -2.48. The van der Waals surface area contributed by atoms with Crippen LogP contribution in [-0.2, 0) is 14.8 Å². The molecule has 1 unspecified atom stereocenters. The molecule has 11 nitrogen and oxygen atoms in total. The van der Waals surface area contributed by atoms with E-state index in [-0.39, 0.29) is 45.8 Å². The normalized spacial score (nSPS) is 12.3. The lowest BCUT2D eigenvalue weighted by atomic mass is 10.0. The number of nitrogens with one attached hydrogen (secondary N) is 3. The molecule has 0 saturated carbocycles. The van der Waals surface area contributed by atoms with Gasteiger partial charge in [0.1, 0.15) is 5.69 Å². The third-order valence-electron chi connectivity index (χ3n) is 5.34. The van der Waals surface area contributed by atoms with Gasteiger partial charge in [-0.3, -0.25) is 9.40 Å². The molecule has 0 fully saturated rings. The maximum Gasteiger partial charge on any atom is 0.407 e. The van der Waals surface area contributed by atoms with Crippen molar-refractivity contribution in [3.05, 3.63) is 41.4 Å². The van der Waals surface area contributed by atoms with Crippen LogP contribution in [0.25, 0.3) is 22.5 Å². The van der Waals surface area contributed by atoms with Crippen LogP contribution in [0.4, 0.5) is 20.8 Å². The van der Waals surface area contributed by atoms with E-state index in [0.717, 1.165) is 0 Å². The molecule has 0 aliphatic heterocycles. The zero-order valence-electron chi connectivity index (χ0n) is 21.7. The van der Waals surface area contributed by atoms with Crippen LogP contribution in [0.15, 0.2) is 30.6 Å². The molecule has 0 spiro atoms. The van der Waals surface area contributed by atoms with E-state index in [0.29, 0.717) is 24.2 Å². The van der Waals surface area contributed by atoms with Gasteiger partial charge in [-0.2, -0.15) is 5.10 Å². The van der Waals surface area contributed by atoms with Gasteiger partial charge in [0.2, 0.25) is 16.0 Å². The predicted molar refractivity (Wildman–Crippen MR) is 145 cm³/mol. The highest BCUT2D eigenvalue weighted by Gasteiger charge is 2.23. The summed E-state index contributed by atoms with van der Waals surface area (Å²) < 4.78 is 48.9. The average Bonchev–Trinajstić information content (AvgIpc) is 3.30. The summed E-state index contributed by atoms with van der Waals surface area (Å²) in [5.41, 5.74) is 0.937. The second kappa shape index (κ2) is 12.4. The number of anilines is 2. The van der Waals surface area contributed by atoms with Gasteiger partial charge >= 0.3 is 6.09 Å². The summed E-state index contributed by atoms with van der Waals surface area (Å²) in [4.78, 5) is 20.2. The third kappa shape index (κ3) is 7.32. The van der Waals surface area contributed by atoms with Crippen molar-refractivity contribution in [1.29, 1.82) is 0 Å². The van der Waals surface area contributed by atoms with Crippen molar-refractivity contribution in [1.82, 2.24) is 25.1 Å². The number of ether oxygens (including phenoxy) is 1. The third-order valence-corrected chi connectivity index (χ3v) is 7.03. The molecule has 0 radical (unpaired) electrons. The highest BCUT2D eigenvalue weighted by Crippen LogP contribution is 2.37. The molecule has 2 aromatic heterocycles. The number of alkyl carbamates (subject to hydrolysis) is 1. The number of hydrogen-bond donors (Lipinski definition) is 3. The summed E-state index contributed by atoms with van der Waals surface area (Å²) >= 11 is 6.28. The monoisotopic (exact) mass is 567 g/mol. The molecular formula is C24H31ClFN7O4S. The first-order chi connectivity index (χ1) is 17.9. The number of hydrogen-bond acceptors (Lipinski definition) is 8. The van der Waals surface area contributed by atoms with E-state index in [1.54, 1.807) is 30.8 Å². The lowest BCUT2D eigenvalue weighted by molar-refractivity contribution is 0.168. The standard InChI is InChI=1S/C24H31ClFN7O4S/c1-6-9-38(35,36)32-20-11-16(25)10-17(21(20)26)22-18(13-33(31-22)14(2)3)19-7-8-27-23(30-19)28-12-15(4)29-24(34)37-5/h7-8,10-11,13-15,32H,6,9,12H2,1-5H3,(H,29,34)(H,27,28,30). The van der Waals surface area contributed by atoms with Crippen LogP contribution in [0.3, 0.4) is 0 Å². The topological polar surface area (TPSA) is 140 Å². The quantitative estimate of drug-likeness (QED) is 0.303. The molecular weight excluding hydrogens is 537 g/mol. The second-order valence-corrected chi connectivity index (χ2v) is 11.2. The van der Waals surface area contributed by atoms with Gasteiger partial charge in [0.15, 0.2) is 5.82 Å². The minimum absolute atomic E-state index is 0.0186. The molecule has 0 saturated heterocycles. The van der Waals surface area contributed by atoms with Crippen LogP contribution < -0.4 is 15.4 Å². The Morgan fingerprint density at radius 1 is 1.24 bits per heavy atom. The van der Waals surface area contributed by atoms with Crippen molar-refractivity contribution in [2.75, 3.05) is 29.4 Å². The van der Waals surface area contributed by atoms with Crippen molar-refractivity contribution in [2.24, 2.45) is 0 Å². The fraction of sp³-hybridized carbons (Fsp3) is 0.417. The number of rotatable bonds is 11. The van der Waals surface area contributed by atoms with Gasteiger partial charge in [0.05, 0.1) is 24.2 Å². The molecule has 1 amide bonds. The average molecular weight is 568 g/mol. The fourth-order valence-corrected chi connectivity index (χ4v) is 4.86. The molecule has 0 aliphatic rings. The highest BCUT2D eigenvalue weighted by atomic mass is 35.5. The first-order valence-corrected chi connectivity index (χ1v) is 14.0. The molecule has 0 aliphatic carbocycles. The Morgan fingerprint density at radius 2 is 1.97 bits per heavy atom. The van der Waals surface area contributed by atoms with Gasteiger partial charge in [0, 0.05) is 47.2 Å². The Labute approximate surface area is 226 Å². The van der Waals surface area contributed by atoms with Crippen LogP contribution >= 0.6 is 11.6 Å². The largest absolute Gasteiger partial charge is 0.453 e. The number of halogens is 2. The van der Waals surface area contributed by atoms with E-state index in [1.807, 2.05) is 13.8 Å². The van der Waals surface area contributed by atoms with Gasteiger partial charge < -0.3 is 15.4 Å². The first-order valence-electron chi connectivity index (χ1n) is 11.9. The summed E-state index contributed by atoms with van der Waals surface area (Å²) in [6, 6.07) is 3.94. The summed E-state index contributed by atoms with van der Waals surface area (Å²) in [6.07, 6.45) is 3.08. The Bertz CT molecular complexity index is 1400. The first kappa shape index (κ1) is 29.1. The van der Waals surface area contributed by atoms with Crippen molar-refractivity contribution >= 4 is 39.4 Å². The van der Waals surface area contributed by atoms with Crippen molar-refractivity contribution in [2.45, 2.75) is 46.2 Å². The summed E-state index contributed by atoms with van der Waals surface area (Å²) in [5.74, 6) is -0.685. The maximum atomic E-state index is 15.7. The van der Waals surface area contributed by atoms with Gasteiger partial charge in [-0.05, 0) is 45.4 Å². The number of sulfonamides is 1. The van der Waals surface area contributed by atoms with E-state index in [2.05, 4.69) is 35.2 Å². The lowest BCUT2D eigenvalue weighted by Crippen LogP contribution is -2.37. The smallest absolute Gasteiger partial charge is 0.407 e. The number of nitrogens with zero attached hydrogens (tertiary/aromatic N) is 4. The van der Waals surface area contributed by atoms with Crippen molar-refractivity contribution in [3.63, 3.8) is 0 Å². The molecule has 3 N–H and O–H groups in total. The number of carbonyl (C=O) groups is 1. The summed E-state index contributed by atoms with van der Waals surface area (Å²) in [5, 5.41) is 10.4. The second-order valence-electron chi connectivity index (χ2n) is 8.88. The number of amides is 1. The van der Waals surface area contributed by atoms with Crippen LogP contribution in [-0.4, -0.2) is 59.7 Å². The van der Waals surface area contributed by atoms with Gasteiger partial charge in [-0.25, -0.2) is 27.6 Å². The minimum Gasteiger partial charge on any atom is -0.453 e. The van der Waals surface area contributed by atoms with Gasteiger partial charge in [0.25, 0.3) is 0 Å². The maximum absolute atomic E-state index is 15.7. The number of carbonyl (C=O) groups excluding carboxylic acids is 1. The molecule has 38 heavy (non-hydrogen) atoms. The van der Waals surface area contributed by atoms with Crippen LogP contribution in [0.2, 0.25) is 5.02 Å². The number of methoxy groups -OCH3 is 1. The molecule has 3 rings (SSSR count). The van der Waals surface area contributed by atoms with Gasteiger partial charge in [-0.1, -0.05) is 18.5 Å². The van der Waals surface area contributed by atoms with E-state index in [1.165, 1.54) is 25.4 Å². The molecule has 2 heterocycles. The van der Waals surface area contributed by atoms with E-state index in [4.69, 9.17) is 11.6 Å². The van der Waals surface area contributed by atoms with Crippen molar-refractivity contribution < 1.29 is 22.3 Å². The number of benzene rings is 1. The molecule has 14 heteroatoms.